The Morgan fingerprint density at radius 1 is 1.10 bits per heavy atom. The summed E-state index contributed by atoms with van der Waals surface area (Å²) >= 11 is 0. The molecular weight excluding hydrogens is 391 g/mol. The van der Waals surface area contributed by atoms with Crippen molar-refractivity contribution in [3.63, 3.8) is 0 Å². The van der Waals surface area contributed by atoms with E-state index in [2.05, 4.69) is 5.32 Å². The van der Waals surface area contributed by atoms with Crippen molar-refractivity contribution in [2.75, 3.05) is 18.4 Å². The van der Waals surface area contributed by atoms with Crippen molar-refractivity contribution < 1.29 is 17.6 Å². The number of halogens is 1. The van der Waals surface area contributed by atoms with Gasteiger partial charge in [0.15, 0.2) is 0 Å². The van der Waals surface area contributed by atoms with E-state index in [4.69, 9.17) is 0 Å². The number of anilines is 1. The van der Waals surface area contributed by atoms with Gasteiger partial charge < -0.3 is 5.32 Å². The second-order valence-corrected chi connectivity index (χ2v) is 9.24. The lowest BCUT2D eigenvalue weighted by Gasteiger charge is -2.31. The molecule has 0 aromatic heterocycles. The van der Waals surface area contributed by atoms with Gasteiger partial charge in [0, 0.05) is 18.8 Å². The van der Waals surface area contributed by atoms with Gasteiger partial charge in [-0.1, -0.05) is 32.0 Å². The van der Waals surface area contributed by atoms with Gasteiger partial charge in [0.25, 0.3) is 0 Å². The summed E-state index contributed by atoms with van der Waals surface area (Å²) in [4.78, 5) is 13.0. The predicted molar refractivity (Wildman–Crippen MR) is 112 cm³/mol. The Morgan fingerprint density at radius 3 is 2.31 bits per heavy atom. The maximum atomic E-state index is 13.2. The zero-order chi connectivity index (χ0) is 21.0. The lowest BCUT2D eigenvalue weighted by atomic mass is 9.97. The summed E-state index contributed by atoms with van der Waals surface area (Å²) in [5, 5.41) is 3.06. The van der Waals surface area contributed by atoms with Crippen molar-refractivity contribution in [1.82, 2.24) is 4.31 Å². The standard InChI is InChI=1S/C22H27FN2O3S/c1-3-16-7-5-8-17(4-2)21(16)24-22(26)18-9-6-14-25(15-18)29(27,28)20-12-10-19(23)11-13-20/h5,7-8,10-13,18H,3-4,6,9,14-15H2,1-2H3,(H,24,26)/t18-/m1/s1. The number of rotatable bonds is 6. The molecule has 0 aliphatic carbocycles. The summed E-state index contributed by atoms with van der Waals surface area (Å²) in [6.45, 7) is 4.57. The van der Waals surface area contributed by atoms with Crippen molar-refractivity contribution in [1.29, 1.82) is 0 Å². The van der Waals surface area contributed by atoms with Gasteiger partial charge in [-0.25, -0.2) is 12.8 Å². The highest BCUT2D eigenvalue weighted by atomic mass is 32.2. The van der Waals surface area contributed by atoms with Crippen molar-refractivity contribution in [2.45, 2.75) is 44.4 Å². The summed E-state index contributed by atoms with van der Waals surface area (Å²) < 4.78 is 40.3. The lowest BCUT2D eigenvalue weighted by molar-refractivity contribution is -0.120. The predicted octanol–water partition coefficient (Wildman–Crippen LogP) is 3.99. The molecule has 1 saturated heterocycles. The molecule has 1 amide bonds. The molecule has 1 fully saturated rings. The lowest BCUT2D eigenvalue weighted by Crippen LogP contribution is -2.43. The third-order valence-corrected chi connectivity index (χ3v) is 7.33. The van der Waals surface area contributed by atoms with E-state index in [1.807, 2.05) is 32.0 Å². The molecule has 1 heterocycles. The third-order valence-electron chi connectivity index (χ3n) is 5.45. The first-order valence-electron chi connectivity index (χ1n) is 10.0. The number of piperidine rings is 1. The first-order valence-corrected chi connectivity index (χ1v) is 11.5. The van der Waals surface area contributed by atoms with Crippen LogP contribution in [0.2, 0.25) is 0 Å². The Balaban J connectivity index is 1.77. The van der Waals surface area contributed by atoms with Crippen LogP contribution in [0, 0.1) is 11.7 Å². The third kappa shape index (κ3) is 4.67. The molecule has 1 N–H and O–H groups in total. The van der Waals surface area contributed by atoms with Crippen LogP contribution in [0.1, 0.15) is 37.8 Å². The van der Waals surface area contributed by atoms with E-state index in [0.717, 1.165) is 41.8 Å². The van der Waals surface area contributed by atoms with Gasteiger partial charge in [-0.3, -0.25) is 4.79 Å². The van der Waals surface area contributed by atoms with E-state index in [-0.39, 0.29) is 17.3 Å². The summed E-state index contributed by atoms with van der Waals surface area (Å²) in [6, 6.07) is 10.8. The number of hydrogen-bond donors (Lipinski definition) is 1. The van der Waals surface area contributed by atoms with E-state index in [1.165, 1.54) is 16.4 Å². The Hall–Kier alpha value is -2.25. The monoisotopic (exact) mass is 418 g/mol. The number of aryl methyl sites for hydroxylation is 2. The quantitative estimate of drug-likeness (QED) is 0.771. The molecule has 2 aromatic carbocycles. The molecule has 0 saturated carbocycles. The number of carbonyl (C=O) groups excluding carboxylic acids is 1. The Kier molecular flexibility index (Phi) is 6.70. The van der Waals surface area contributed by atoms with Crippen LogP contribution >= 0.6 is 0 Å². The molecule has 7 heteroatoms. The summed E-state index contributed by atoms with van der Waals surface area (Å²) in [5.41, 5.74) is 3.00. The smallest absolute Gasteiger partial charge is 0.243 e. The summed E-state index contributed by atoms with van der Waals surface area (Å²) in [5.74, 6) is -1.06. The fraction of sp³-hybridized carbons (Fsp3) is 0.409. The molecule has 2 aromatic rings. The number of nitrogens with zero attached hydrogens (tertiary/aromatic N) is 1. The van der Waals surface area contributed by atoms with Crippen LogP contribution in [-0.4, -0.2) is 31.7 Å². The van der Waals surface area contributed by atoms with Crippen LogP contribution in [0.5, 0.6) is 0 Å². The maximum Gasteiger partial charge on any atom is 0.243 e. The first kappa shape index (κ1) is 21.5. The zero-order valence-corrected chi connectivity index (χ0v) is 17.6. The second-order valence-electron chi connectivity index (χ2n) is 7.30. The minimum absolute atomic E-state index is 0.0459. The van der Waals surface area contributed by atoms with Crippen LogP contribution in [0.4, 0.5) is 10.1 Å². The fourth-order valence-electron chi connectivity index (χ4n) is 3.76. The maximum absolute atomic E-state index is 13.2. The molecule has 156 valence electrons. The molecule has 0 spiro atoms. The topological polar surface area (TPSA) is 66.5 Å². The van der Waals surface area contributed by atoms with Gasteiger partial charge in [0.1, 0.15) is 5.82 Å². The highest BCUT2D eigenvalue weighted by Gasteiger charge is 2.33. The first-order chi connectivity index (χ1) is 13.9. The molecule has 1 aliphatic rings. The SMILES string of the molecule is CCc1cccc(CC)c1NC(=O)[C@@H]1CCCN(S(=O)(=O)c2ccc(F)cc2)C1. The number of benzene rings is 2. The van der Waals surface area contributed by atoms with Crippen molar-refractivity contribution >= 4 is 21.6 Å². The van der Waals surface area contributed by atoms with Gasteiger partial charge in [0.2, 0.25) is 15.9 Å². The Bertz CT molecular complexity index is 952. The molecule has 29 heavy (non-hydrogen) atoms. The highest BCUT2D eigenvalue weighted by Crippen LogP contribution is 2.27. The van der Waals surface area contributed by atoms with Crippen molar-refractivity contribution in [3.05, 3.63) is 59.4 Å². The van der Waals surface area contributed by atoms with E-state index < -0.39 is 21.8 Å². The summed E-state index contributed by atoms with van der Waals surface area (Å²) in [6.07, 6.45) is 2.85. The average Bonchev–Trinajstić information content (AvgIpc) is 2.74. The molecule has 5 nitrogen and oxygen atoms in total. The highest BCUT2D eigenvalue weighted by molar-refractivity contribution is 7.89. The van der Waals surface area contributed by atoms with E-state index in [0.29, 0.717) is 19.4 Å². The number of carbonyl (C=O) groups is 1. The van der Waals surface area contributed by atoms with Crippen molar-refractivity contribution in [2.24, 2.45) is 5.92 Å². The number of sulfonamides is 1. The zero-order valence-electron chi connectivity index (χ0n) is 16.8. The molecular formula is C22H27FN2O3S. The number of hydrogen-bond acceptors (Lipinski definition) is 3. The average molecular weight is 419 g/mol. The molecule has 1 atom stereocenters. The molecule has 0 unspecified atom stereocenters. The minimum Gasteiger partial charge on any atom is -0.325 e. The fourth-order valence-corrected chi connectivity index (χ4v) is 5.28. The van der Waals surface area contributed by atoms with E-state index in [1.54, 1.807) is 0 Å². The second kappa shape index (κ2) is 9.05. The van der Waals surface area contributed by atoms with Gasteiger partial charge in [0.05, 0.1) is 10.8 Å². The van der Waals surface area contributed by atoms with E-state index >= 15 is 0 Å². The largest absolute Gasteiger partial charge is 0.325 e. The van der Waals surface area contributed by atoms with Gasteiger partial charge >= 0.3 is 0 Å². The van der Waals surface area contributed by atoms with Gasteiger partial charge in [-0.05, 0) is 61.1 Å². The Labute approximate surface area is 172 Å². The van der Waals surface area contributed by atoms with Crippen LogP contribution in [-0.2, 0) is 27.7 Å². The van der Waals surface area contributed by atoms with Crippen LogP contribution < -0.4 is 5.32 Å². The van der Waals surface area contributed by atoms with Gasteiger partial charge in [-0.2, -0.15) is 4.31 Å². The number of amides is 1. The number of para-hydroxylation sites is 1. The molecule has 3 rings (SSSR count). The van der Waals surface area contributed by atoms with Crippen LogP contribution in [0.3, 0.4) is 0 Å². The minimum atomic E-state index is -3.76. The molecule has 0 bridgehead atoms. The molecule has 0 radical (unpaired) electrons. The van der Waals surface area contributed by atoms with Crippen molar-refractivity contribution in [3.8, 4) is 0 Å². The van der Waals surface area contributed by atoms with Crippen LogP contribution in [0.15, 0.2) is 47.4 Å². The summed E-state index contributed by atoms with van der Waals surface area (Å²) in [7, 11) is -3.76. The van der Waals surface area contributed by atoms with E-state index in [9.17, 15) is 17.6 Å². The van der Waals surface area contributed by atoms with Gasteiger partial charge in [-0.15, -0.1) is 0 Å². The number of nitrogens with one attached hydrogen (secondary N) is 1. The van der Waals surface area contributed by atoms with Crippen LogP contribution in [0.25, 0.3) is 0 Å². The molecule has 1 aliphatic heterocycles. The normalized spacial score (nSPS) is 17.8. The Morgan fingerprint density at radius 2 is 1.72 bits per heavy atom.